The molecule has 1 aliphatic carbocycles. The van der Waals surface area contributed by atoms with Crippen molar-refractivity contribution in [2.75, 3.05) is 6.61 Å². The van der Waals surface area contributed by atoms with Gasteiger partial charge in [-0.3, -0.25) is 4.79 Å². The van der Waals surface area contributed by atoms with Crippen molar-refractivity contribution in [1.29, 1.82) is 0 Å². The van der Waals surface area contributed by atoms with Gasteiger partial charge in [-0.2, -0.15) is 0 Å². The molecule has 11 heavy (non-hydrogen) atoms. The summed E-state index contributed by atoms with van der Waals surface area (Å²) in [7, 11) is 0. The second-order valence-electron chi connectivity index (χ2n) is 3.54. The van der Waals surface area contributed by atoms with Crippen LogP contribution in [0, 0.1) is 11.8 Å². The van der Waals surface area contributed by atoms with Crippen molar-refractivity contribution in [2.24, 2.45) is 11.8 Å². The van der Waals surface area contributed by atoms with Crippen molar-refractivity contribution in [2.45, 2.75) is 32.6 Å². The summed E-state index contributed by atoms with van der Waals surface area (Å²) in [5, 5.41) is 0. The van der Waals surface area contributed by atoms with Gasteiger partial charge < -0.3 is 4.74 Å². The third-order valence-electron chi connectivity index (χ3n) is 2.52. The van der Waals surface area contributed by atoms with E-state index in [1.807, 2.05) is 0 Å². The molecular formula is C9H16O2. The Kier molecular flexibility index (Phi) is 3.40. The standard InChI is InChI=1S/C9H16O2/c1-8-2-3-9(6-8)4-5-11-7-10/h7-9H,2-6H2,1H3. The van der Waals surface area contributed by atoms with Crippen LogP contribution >= 0.6 is 0 Å². The van der Waals surface area contributed by atoms with Crippen LogP contribution in [0.15, 0.2) is 0 Å². The molecule has 0 aliphatic heterocycles. The Morgan fingerprint density at radius 3 is 2.91 bits per heavy atom. The van der Waals surface area contributed by atoms with Gasteiger partial charge in [-0.25, -0.2) is 0 Å². The molecule has 2 atom stereocenters. The van der Waals surface area contributed by atoms with Crippen LogP contribution in [0.1, 0.15) is 32.6 Å². The average molecular weight is 156 g/mol. The van der Waals surface area contributed by atoms with Gasteiger partial charge in [0.05, 0.1) is 6.61 Å². The van der Waals surface area contributed by atoms with E-state index in [4.69, 9.17) is 0 Å². The first-order chi connectivity index (χ1) is 5.33. The molecule has 0 spiro atoms. The van der Waals surface area contributed by atoms with Crippen LogP contribution in [0.25, 0.3) is 0 Å². The van der Waals surface area contributed by atoms with Gasteiger partial charge in [-0.1, -0.05) is 19.8 Å². The maximum absolute atomic E-state index is 9.82. The predicted molar refractivity (Wildman–Crippen MR) is 43.1 cm³/mol. The van der Waals surface area contributed by atoms with Gasteiger partial charge in [0, 0.05) is 0 Å². The number of ether oxygens (including phenoxy) is 1. The zero-order valence-corrected chi connectivity index (χ0v) is 7.08. The van der Waals surface area contributed by atoms with E-state index < -0.39 is 0 Å². The van der Waals surface area contributed by atoms with E-state index in [0.717, 1.165) is 18.3 Å². The molecule has 0 saturated heterocycles. The van der Waals surface area contributed by atoms with Crippen molar-refractivity contribution in [3.05, 3.63) is 0 Å². The van der Waals surface area contributed by atoms with Crippen molar-refractivity contribution in [3.63, 3.8) is 0 Å². The Bertz CT molecular complexity index is 123. The Labute approximate surface area is 67.9 Å². The summed E-state index contributed by atoms with van der Waals surface area (Å²) in [4.78, 5) is 9.82. The zero-order chi connectivity index (χ0) is 8.10. The van der Waals surface area contributed by atoms with Crippen molar-refractivity contribution < 1.29 is 9.53 Å². The molecule has 0 N–H and O–H groups in total. The topological polar surface area (TPSA) is 26.3 Å². The van der Waals surface area contributed by atoms with Crippen molar-refractivity contribution >= 4 is 6.47 Å². The fourth-order valence-corrected chi connectivity index (χ4v) is 1.87. The average Bonchev–Trinajstić information content (AvgIpc) is 2.37. The molecule has 0 amide bonds. The summed E-state index contributed by atoms with van der Waals surface area (Å²) in [5.74, 6) is 1.70. The molecule has 1 fully saturated rings. The minimum atomic E-state index is 0.540. The molecule has 1 rings (SSSR count). The molecule has 2 unspecified atom stereocenters. The van der Waals surface area contributed by atoms with Gasteiger partial charge in [0.15, 0.2) is 0 Å². The molecule has 0 radical (unpaired) electrons. The molecule has 1 aliphatic rings. The van der Waals surface area contributed by atoms with Gasteiger partial charge in [-0.15, -0.1) is 0 Å². The van der Waals surface area contributed by atoms with Gasteiger partial charge in [0.25, 0.3) is 6.47 Å². The first-order valence-electron chi connectivity index (χ1n) is 4.38. The molecule has 64 valence electrons. The SMILES string of the molecule is CC1CCC(CCOC=O)C1. The van der Waals surface area contributed by atoms with Crippen molar-refractivity contribution in [1.82, 2.24) is 0 Å². The summed E-state index contributed by atoms with van der Waals surface area (Å²) in [5.41, 5.74) is 0. The van der Waals surface area contributed by atoms with E-state index in [1.54, 1.807) is 0 Å². The Balaban J connectivity index is 2.03. The van der Waals surface area contributed by atoms with E-state index in [2.05, 4.69) is 11.7 Å². The van der Waals surface area contributed by atoms with Gasteiger partial charge in [0.1, 0.15) is 0 Å². The highest BCUT2D eigenvalue weighted by Crippen LogP contribution is 2.32. The van der Waals surface area contributed by atoms with Gasteiger partial charge >= 0.3 is 0 Å². The molecule has 0 aromatic heterocycles. The van der Waals surface area contributed by atoms with Gasteiger partial charge in [-0.05, 0) is 24.7 Å². The lowest BCUT2D eigenvalue weighted by molar-refractivity contribution is -0.129. The van der Waals surface area contributed by atoms with E-state index in [-0.39, 0.29) is 0 Å². The van der Waals surface area contributed by atoms with E-state index in [1.165, 1.54) is 19.3 Å². The number of rotatable bonds is 4. The lowest BCUT2D eigenvalue weighted by Crippen LogP contribution is -2.00. The van der Waals surface area contributed by atoms with Crippen LogP contribution in [0.4, 0.5) is 0 Å². The molecule has 1 saturated carbocycles. The monoisotopic (exact) mass is 156 g/mol. The maximum atomic E-state index is 9.82. The second kappa shape index (κ2) is 4.37. The second-order valence-corrected chi connectivity index (χ2v) is 3.54. The highest BCUT2D eigenvalue weighted by atomic mass is 16.5. The first kappa shape index (κ1) is 8.57. The minimum Gasteiger partial charge on any atom is -0.468 e. The quantitative estimate of drug-likeness (QED) is 0.459. The molecule has 2 heteroatoms. The van der Waals surface area contributed by atoms with E-state index >= 15 is 0 Å². The predicted octanol–water partition coefficient (Wildman–Crippen LogP) is 1.99. The number of hydrogen-bond acceptors (Lipinski definition) is 2. The molecule has 0 heterocycles. The van der Waals surface area contributed by atoms with Crippen LogP contribution in [-0.2, 0) is 9.53 Å². The molecule has 0 bridgehead atoms. The highest BCUT2D eigenvalue weighted by molar-refractivity contribution is 5.36. The summed E-state index contributed by atoms with van der Waals surface area (Å²) < 4.78 is 4.65. The highest BCUT2D eigenvalue weighted by Gasteiger charge is 2.20. The van der Waals surface area contributed by atoms with Crippen LogP contribution < -0.4 is 0 Å². The first-order valence-corrected chi connectivity index (χ1v) is 4.38. The zero-order valence-electron chi connectivity index (χ0n) is 7.08. The fraction of sp³-hybridized carbons (Fsp3) is 0.889. The Morgan fingerprint density at radius 2 is 2.36 bits per heavy atom. The smallest absolute Gasteiger partial charge is 0.293 e. The van der Waals surface area contributed by atoms with Gasteiger partial charge in [0.2, 0.25) is 0 Å². The molecule has 0 aromatic carbocycles. The largest absolute Gasteiger partial charge is 0.468 e. The van der Waals surface area contributed by atoms with Crippen LogP contribution in [-0.4, -0.2) is 13.1 Å². The summed E-state index contributed by atoms with van der Waals surface area (Å²) in [6, 6.07) is 0. The Hall–Kier alpha value is -0.530. The van der Waals surface area contributed by atoms with E-state index in [9.17, 15) is 4.79 Å². The summed E-state index contributed by atoms with van der Waals surface area (Å²) in [6.45, 7) is 3.44. The van der Waals surface area contributed by atoms with Crippen molar-refractivity contribution in [3.8, 4) is 0 Å². The van der Waals surface area contributed by atoms with Crippen LogP contribution in [0.5, 0.6) is 0 Å². The number of hydrogen-bond donors (Lipinski definition) is 0. The fourth-order valence-electron chi connectivity index (χ4n) is 1.87. The lowest BCUT2D eigenvalue weighted by atomic mass is 10.0. The van der Waals surface area contributed by atoms with Crippen LogP contribution in [0.3, 0.4) is 0 Å². The normalized spacial score (nSPS) is 30.3. The number of carbonyl (C=O) groups excluding carboxylic acids is 1. The lowest BCUT2D eigenvalue weighted by Gasteiger charge is -2.06. The Morgan fingerprint density at radius 1 is 1.55 bits per heavy atom. The van der Waals surface area contributed by atoms with E-state index in [0.29, 0.717) is 13.1 Å². The minimum absolute atomic E-state index is 0.540. The molecule has 0 aromatic rings. The third-order valence-corrected chi connectivity index (χ3v) is 2.52. The summed E-state index contributed by atoms with van der Waals surface area (Å²) >= 11 is 0. The number of carbonyl (C=O) groups is 1. The summed E-state index contributed by atoms with van der Waals surface area (Å²) in [6.07, 6.45) is 5.06. The molecule has 2 nitrogen and oxygen atoms in total. The maximum Gasteiger partial charge on any atom is 0.293 e. The third kappa shape index (κ3) is 2.91. The molecular weight excluding hydrogens is 140 g/mol. The van der Waals surface area contributed by atoms with Crippen LogP contribution in [0.2, 0.25) is 0 Å².